The van der Waals surface area contributed by atoms with Gasteiger partial charge in [-0.2, -0.15) is 0 Å². The molecule has 1 saturated heterocycles. The minimum absolute atomic E-state index is 0.198. The van der Waals surface area contributed by atoms with Gasteiger partial charge in [0.05, 0.1) is 6.10 Å². The molecule has 1 fully saturated rings. The molecule has 0 aromatic heterocycles. The molecule has 5 heteroatoms. The second kappa shape index (κ2) is 5.50. The van der Waals surface area contributed by atoms with Gasteiger partial charge in [0, 0.05) is 20.1 Å². The Bertz CT molecular complexity index is 230. The van der Waals surface area contributed by atoms with Gasteiger partial charge in [0.25, 0.3) is 0 Å². The van der Waals surface area contributed by atoms with Gasteiger partial charge in [-0.1, -0.05) is 0 Å². The number of carbonyl (C=O) groups is 1. The number of ether oxygens (including phenoxy) is 1. The number of hydrogen-bond donors (Lipinski definition) is 1. The molecule has 0 aromatic carbocycles. The summed E-state index contributed by atoms with van der Waals surface area (Å²) in [7, 11) is 1.75. The second-order valence-corrected chi connectivity index (χ2v) is 4.99. The van der Waals surface area contributed by atoms with E-state index in [0.717, 1.165) is 12.8 Å². The van der Waals surface area contributed by atoms with Crippen LogP contribution < -0.4 is 5.48 Å². The number of likely N-dealkylation sites (tertiary alicyclic amines) is 1. The first kappa shape index (κ1) is 13.3. The lowest BCUT2D eigenvalue weighted by Crippen LogP contribution is -2.44. The summed E-state index contributed by atoms with van der Waals surface area (Å²) in [5.74, 6) is 0. The van der Waals surface area contributed by atoms with Crippen LogP contribution in [0.25, 0.3) is 0 Å². The molecular weight excluding hydrogens is 208 g/mol. The number of nitrogens with zero attached hydrogens (tertiary/aromatic N) is 1. The summed E-state index contributed by atoms with van der Waals surface area (Å²) in [5.41, 5.74) is 2.26. The van der Waals surface area contributed by atoms with E-state index in [0.29, 0.717) is 13.1 Å². The third kappa shape index (κ3) is 4.37. The molecular formula is C11H22N2O3. The van der Waals surface area contributed by atoms with Gasteiger partial charge in [0.1, 0.15) is 5.60 Å². The predicted octanol–water partition coefficient (Wildman–Crippen LogP) is 1.54. The molecule has 0 aromatic rings. The van der Waals surface area contributed by atoms with Crippen LogP contribution in [-0.2, 0) is 9.57 Å². The normalized spacial score (nSPS) is 18.6. The molecule has 1 heterocycles. The molecule has 1 rings (SSSR count). The van der Waals surface area contributed by atoms with E-state index in [-0.39, 0.29) is 12.2 Å². The third-order valence-corrected chi connectivity index (χ3v) is 2.38. The van der Waals surface area contributed by atoms with Gasteiger partial charge in [-0.25, -0.2) is 10.3 Å². The summed E-state index contributed by atoms with van der Waals surface area (Å²) in [5, 5.41) is 0. The van der Waals surface area contributed by atoms with Crippen LogP contribution in [-0.4, -0.2) is 42.8 Å². The zero-order valence-electron chi connectivity index (χ0n) is 10.6. The van der Waals surface area contributed by atoms with Crippen molar-refractivity contribution in [2.45, 2.75) is 45.3 Å². The van der Waals surface area contributed by atoms with E-state index < -0.39 is 5.60 Å². The first-order valence-corrected chi connectivity index (χ1v) is 5.72. The Morgan fingerprint density at radius 2 is 1.88 bits per heavy atom. The van der Waals surface area contributed by atoms with Gasteiger partial charge >= 0.3 is 6.09 Å². The van der Waals surface area contributed by atoms with E-state index in [4.69, 9.17) is 9.57 Å². The van der Waals surface area contributed by atoms with Crippen molar-refractivity contribution in [1.29, 1.82) is 0 Å². The zero-order chi connectivity index (χ0) is 12.2. The lowest BCUT2D eigenvalue weighted by molar-refractivity contribution is -0.0472. The maximum atomic E-state index is 11.7. The lowest BCUT2D eigenvalue weighted by Gasteiger charge is -2.32. The molecule has 0 unspecified atom stereocenters. The van der Waals surface area contributed by atoms with Crippen LogP contribution in [0.3, 0.4) is 0 Å². The van der Waals surface area contributed by atoms with Crippen LogP contribution in [0.1, 0.15) is 33.6 Å². The van der Waals surface area contributed by atoms with Crippen LogP contribution in [0, 0.1) is 0 Å². The van der Waals surface area contributed by atoms with Crippen molar-refractivity contribution < 1.29 is 14.4 Å². The molecule has 1 aliphatic rings. The molecule has 0 aliphatic carbocycles. The topological polar surface area (TPSA) is 50.8 Å². The van der Waals surface area contributed by atoms with Gasteiger partial charge in [-0.15, -0.1) is 0 Å². The summed E-state index contributed by atoms with van der Waals surface area (Å²) in [6.45, 7) is 7.02. The molecule has 1 amide bonds. The Morgan fingerprint density at radius 1 is 1.31 bits per heavy atom. The highest BCUT2D eigenvalue weighted by atomic mass is 16.7. The Balaban J connectivity index is 2.33. The average Bonchev–Trinajstić information content (AvgIpc) is 2.16. The van der Waals surface area contributed by atoms with Crippen LogP contribution >= 0.6 is 0 Å². The van der Waals surface area contributed by atoms with Crippen LogP contribution in [0.4, 0.5) is 4.79 Å². The second-order valence-electron chi connectivity index (χ2n) is 4.99. The highest BCUT2D eigenvalue weighted by Crippen LogP contribution is 2.16. The number of carbonyl (C=O) groups excluding carboxylic acids is 1. The highest BCUT2D eigenvalue weighted by molar-refractivity contribution is 5.68. The molecule has 1 aliphatic heterocycles. The van der Waals surface area contributed by atoms with Crippen molar-refractivity contribution >= 4 is 6.09 Å². The van der Waals surface area contributed by atoms with Crippen molar-refractivity contribution in [2.24, 2.45) is 0 Å². The Kier molecular flexibility index (Phi) is 4.56. The van der Waals surface area contributed by atoms with Crippen LogP contribution in [0.2, 0.25) is 0 Å². The van der Waals surface area contributed by atoms with Gasteiger partial charge in [0.15, 0.2) is 0 Å². The number of nitrogens with one attached hydrogen (secondary N) is 1. The van der Waals surface area contributed by atoms with Crippen molar-refractivity contribution in [3.8, 4) is 0 Å². The van der Waals surface area contributed by atoms with E-state index in [1.807, 2.05) is 20.8 Å². The fraction of sp³-hybridized carbons (Fsp3) is 0.909. The minimum atomic E-state index is -0.421. The molecule has 5 nitrogen and oxygen atoms in total. The monoisotopic (exact) mass is 230 g/mol. The summed E-state index contributed by atoms with van der Waals surface area (Å²) >= 11 is 0. The van der Waals surface area contributed by atoms with E-state index in [1.165, 1.54) is 0 Å². The Labute approximate surface area is 97.0 Å². The van der Waals surface area contributed by atoms with Gasteiger partial charge < -0.3 is 9.64 Å². The number of hydroxylamine groups is 1. The van der Waals surface area contributed by atoms with Crippen molar-refractivity contribution in [3.05, 3.63) is 0 Å². The fourth-order valence-electron chi connectivity index (χ4n) is 1.65. The molecule has 0 atom stereocenters. The average molecular weight is 230 g/mol. The maximum absolute atomic E-state index is 11.7. The molecule has 94 valence electrons. The Morgan fingerprint density at radius 3 is 2.31 bits per heavy atom. The first-order chi connectivity index (χ1) is 7.42. The van der Waals surface area contributed by atoms with Gasteiger partial charge in [-0.3, -0.25) is 4.84 Å². The minimum Gasteiger partial charge on any atom is -0.444 e. The quantitative estimate of drug-likeness (QED) is 0.731. The molecule has 0 spiro atoms. The summed E-state index contributed by atoms with van der Waals surface area (Å²) < 4.78 is 5.30. The molecule has 1 N–H and O–H groups in total. The third-order valence-electron chi connectivity index (χ3n) is 2.38. The SMILES string of the molecule is CNOC1CCN(C(=O)OC(C)(C)C)CC1. The van der Waals surface area contributed by atoms with Gasteiger partial charge in [-0.05, 0) is 33.6 Å². The number of hydrogen-bond acceptors (Lipinski definition) is 4. The smallest absolute Gasteiger partial charge is 0.410 e. The van der Waals surface area contributed by atoms with Crippen molar-refractivity contribution in [3.63, 3.8) is 0 Å². The van der Waals surface area contributed by atoms with Gasteiger partial charge in [0.2, 0.25) is 0 Å². The summed E-state index contributed by atoms with van der Waals surface area (Å²) in [6, 6.07) is 0. The standard InChI is InChI=1S/C11H22N2O3/c1-11(2,3)15-10(14)13-7-5-9(6-8-13)16-12-4/h9,12H,5-8H2,1-4H3. The van der Waals surface area contributed by atoms with E-state index in [1.54, 1.807) is 11.9 Å². The first-order valence-electron chi connectivity index (χ1n) is 5.72. The summed E-state index contributed by atoms with van der Waals surface area (Å²) in [4.78, 5) is 18.7. The predicted molar refractivity (Wildman–Crippen MR) is 61.0 cm³/mol. The Hall–Kier alpha value is -0.810. The fourth-order valence-corrected chi connectivity index (χ4v) is 1.65. The van der Waals surface area contributed by atoms with Crippen molar-refractivity contribution in [2.75, 3.05) is 20.1 Å². The van der Waals surface area contributed by atoms with E-state index >= 15 is 0 Å². The van der Waals surface area contributed by atoms with E-state index in [2.05, 4.69) is 5.48 Å². The maximum Gasteiger partial charge on any atom is 0.410 e. The number of amides is 1. The molecule has 0 saturated carbocycles. The largest absolute Gasteiger partial charge is 0.444 e. The van der Waals surface area contributed by atoms with Crippen LogP contribution in [0.15, 0.2) is 0 Å². The highest BCUT2D eigenvalue weighted by Gasteiger charge is 2.26. The molecule has 16 heavy (non-hydrogen) atoms. The number of rotatable bonds is 2. The number of piperidine rings is 1. The lowest BCUT2D eigenvalue weighted by atomic mass is 10.1. The summed E-state index contributed by atoms with van der Waals surface area (Å²) in [6.07, 6.45) is 1.67. The van der Waals surface area contributed by atoms with Crippen molar-refractivity contribution in [1.82, 2.24) is 10.4 Å². The van der Waals surface area contributed by atoms with Crippen LogP contribution in [0.5, 0.6) is 0 Å². The van der Waals surface area contributed by atoms with E-state index in [9.17, 15) is 4.79 Å². The zero-order valence-corrected chi connectivity index (χ0v) is 10.6. The molecule has 0 radical (unpaired) electrons. The molecule has 0 bridgehead atoms.